The third-order valence-electron chi connectivity index (χ3n) is 3.02. The topological polar surface area (TPSA) is 58.6 Å². The fraction of sp³-hybridized carbons (Fsp3) is 0.188. The molecule has 0 saturated heterocycles. The third-order valence-corrected chi connectivity index (χ3v) is 3.75. The van der Waals surface area contributed by atoms with Crippen LogP contribution in [0.15, 0.2) is 47.4 Å². The van der Waals surface area contributed by atoms with Gasteiger partial charge in [-0.25, -0.2) is 0 Å². The zero-order valence-electron chi connectivity index (χ0n) is 11.9. The average Bonchev–Trinajstić information content (AvgIpc) is 2.54. The van der Waals surface area contributed by atoms with E-state index in [1.54, 1.807) is 49.2 Å². The molecule has 0 radical (unpaired) electrons. The summed E-state index contributed by atoms with van der Waals surface area (Å²) in [6.07, 6.45) is 1.97. The molecule has 0 aromatic heterocycles. The maximum Gasteiger partial charge on any atom is 0.259 e. The minimum Gasteiger partial charge on any atom is -0.496 e. The van der Waals surface area contributed by atoms with Crippen molar-refractivity contribution in [3.8, 4) is 5.75 Å². The van der Waals surface area contributed by atoms with Crippen LogP contribution in [0.1, 0.15) is 15.9 Å². The van der Waals surface area contributed by atoms with Crippen molar-refractivity contribution in [2.75, 3.05) is 18.7 Å². The zero-order chi connectivity index (χ0) is 15.2. The molecule has 4 nitrogen and oxygen atoms in total. The number of hydrogen-bond donors (Lipinski definition) is 2. The number of anilines is 1. The number of methoxy groups -OCH3 is 1. The summed E-state index contributed by atoms with van der Waals surface area (Å²) in [4.78, 5) is 13.4. The molecule has 2 rings (SSSR count). The van der Waals surface area contributed by atoms with E-state index in [1.165, 1.54) is 0 Å². The van der Waals surface area contributed by atoms with Crippen LogP contribution in [-0.4, -0.2) is 24.4 Å². The van der Waals surface area contributed by atoms with Crippen molar-refractivity contribution in [1.82, 2.24) is 0 Å². The maximum absolute atomic E-state index is 12.3. The molecule has 0 heterocycles. The lowest BCUT2D eigenvalue weighted by Crippen LogP contribution is -2.13. The molecule has 1 amide bonds. The second-order valence-corrected chi connectivity index (χ2v) is 5.26. The fourth-order valence-corrected chi connectivity index (χ4v) is 2.36. The van der Waals surface area contributed by atoms with Gasteiger partial charge in [0.2, 0.25) is 0 Å². The Balaban J connectivity index is 2.23. The van der Waals surface area contributed by atoms with E-state index < -0.39 is 0 Å². The number of rotatable bonds is 5. The molecule has 0 aliphatic heterocycles. The standard InChI is InChI=1S/C16H17NO3S/c1-20-15-9-13(21-2)6-7-14(15)16(19)17-12-5-3-4-11(8-12)10-18/h3-9,18H,10H2,1-2H3,(H,17,19). The Morgan fingerprint density at radius 1 is 1.29 bits per heavy atom. The Morgan fingerprint density at radius 3 is 2.76 bits per heavy atom. The van der Waals surface area contributed by atoms with Gasteiger partial charge in [0.05, 0.1) is 19.3 Å². The van der Waals surface area contributed by atoms with Gasteiger partial charge >= 0.3 is 0 Å². The molecule has 5 heteroatoms. The Labute approximate surface area is 128 Å². The first kappa shape index (κ1) is 15.4. The van der Waals surface area contributed by atoms with E-state index in [0.717, 1.165) is 10.5 Å². The first-order valence-electron chi connectivity index (χ1n) is 6.41. The molecular formula is C16H17NO3S. The highest BCUT2D eigenvalue weighted by Crippen LogP contribution is 2.26. The predicted octanol–water partition coefficient (Wildman–Crippen LogP) is 3.16. The fourth-order valence-electron chi connectivity index (χ4n) is 1.93. The highest BCUT2D eigenvalue weighted by atomic mass is 32.2. The van der Waals surface area contributed by atoms with Crippen molar-refractivity contribution in [2.45, 2.75) is 11.5 Å². The van der Waals surface area contributed by atoms with Gasteiger partial charge in [-0.05, 0) is 42.2 Å². The normalized spacial score (nSPS) is 10.2. The van der Waals surface area contributed by atoms with E-state index in [9.17, 15) is 4.79 Å². The SMILES string of the molecule is COc1cc(SC)ccc1C(=O)Nc1cccc(CO)c1. The zero-order valence-corrected chi connectivity index (χ0v) is 12.7. The molecule has 2 aromatic carbocycles. The van der Waals surface area contributed by atoms with Gasteiger partial charge in [-0.1, -0.05) is 12.1 Å². The van der Waals surface area contributed by atoms with Crippen molar-refractivity contribution in [2.24, 2.45) is 0 Å². The number of hydrogen-bond acceptors (Lipinski definition) is 4. The lowest BCUT2D eigenvalue weighted by Gasteiger charge is -2.11. The van der Waals surface area contributed by atoms with E-state index in [4.69, 9.17) is 9.84 Å². The Bertz CT molecular complexity index is 643. The van der Waals surface area contributed by atoms with E-state index in [2.05, 4.69) is 5.32 Å². The van der Waals surface area contributed by atoms with Crippen molar-refractivity contribution in [3.63, 3.8) is 0 Å². The Hall–Kier alpha value is -1.98. The van der Waals surface area contributed by atoms with Gasteiger partial charge in [-0.2, -0.15) is 0 Å². The number of aliphatic hydroxyl groups excluding tert-OH is 1. The smallest absolute Gasteiger partial charge is 0.259 e. The third kappa shape index (κ3) is 3.77. The largest absolute Gasteiger partial charge is 0.496 e. The lowest BCUT2D eigenvalue weighted by atomic mass is 10.1. The van der Waals surface area contributed by atoms with Gasteiger partial charge in [0.25, 0.3) is 5.91 Å². The van der Waals surface area contributed by atoms with E-state index in [1.807, 2.05) is 18.4 Å². The second-order valence-electron chi connectivity index (χ2n) is 4.38. The van der Waals surface area contributed by atoms with Crippen LogP contribution in [0.5, 0.6) is 5.75 Å². The minimum absolute atomic E-state index is 0.0601. The van der Waals surface area contributed by atoms with Crippen molar-refractivity contribution >= 4 is 23.4 Å². The van der Waals surface area contributed by atoms with Crippen LogP contribution in [0.4, 0.5) is 5.69 Å². The molecule has 0 bridgehead atoms. The number of nitrogens with one attached hydrogen (secondary N) is 1. The van der Waals surface area contributed by atoms with E-state index in [0.29, 0.717) is 17.0 Å². The number of amides is 1. The molecule has 110 valence electrons. The molecule has 0 fully saturated rings. The molecule has 0 unspecified atom stereocenters. The van der Waals surface area contributed by atoms with Gasteiger partial charge in [-0.15, -0.1) is 11.8 Å². The highest BCUT2D eigenvalue weighted by Gasteiger charge is 2.13. The number of thioether (sulfide) groups is 1. The first-order valence-corrected chi connectivity index (χ1v) is 7.63. The molecule has 0 spiro atoms. The lowest BCUT2D eigenvalue weighted by molar-refractivity contribution is 0.102. The van der Waals surface area contributed by atoms with Gasteiger partial charge in [0.15, 0.2) is 0 Å². The van der Waals surface area contributed by atoms with Crippen molar-refractivity contribution in [3.05, 3.63) is 53.6 Å². The molecule has 2 N–H and O–H groups in total. The number of ether oxygens (including phenoxy) is 1. The summed E-state index contributed by atoms with van der Waals surface area (Å²) >= 11 is 1.59. The van der Waals surface area contributed by atoms with Gasteiger partial charge in [0, 0.05) is 10.6 Å². The number of aliphatic hydroxyl groups is 1. The van der Waals surface area contributed by atoms with Crippen LogP contribution in [0.2, 0.25) is 0 Å². The maximum atomic E-state index is 12.3. The van der Waals surface area contributed by atoms with Crippen LogP contribution in [0.3, 0.4) is 0 Å². The van der Waals surface area contributed by atoms with Gasteiger partial charge < -0.3 is 15.2 Å². The Morgan fingerprint density at radius 2 is 2.10 bits per heavy atom. The predicted molar refractivity (Wildman–Crippen MR) is 85.1 cm³/mol. The van der Waals surface area contributed by atoms with Crippen molar-refractivity contribution < 1.29 is 14.6 Å². The number of benzene rings is 2. The summed E-state index contributed by atoms with van der Waals surface area (Å²) in [6.45, 7) is -0.0601. The summed E-state index contributed by atoms with van der Waals surface area (Å²) in [5.74, 6) is 0.298. The average molecular weight is 303 g/mol. The van der Waals surface area contributed by atoms with E-state index >= 15 is 0 Å². The summed E-state index contributed by atoms with van der Waals surface area (Å²) < 4.78 is 5.28. The number of carbonyl (C=O) groups excluding carboxylic acids is 1. The summed E-state index contributed by atoms with van der Waals surface area (Å²) in [5.41, 5.74) is 1.87. The summed E-state index contributed by atoms with van der Waals surface area (Å²) in [5, 5.41) is 11.9. The van der Waals surface area contributed by atoms with Crippen LogP contribution < -0.4 is 10.1 Å². The molecule has 0 atom stereocenters. The molecule has 21 heavy (non-hydrogen) atoms. The monoisotopic (exact) mass is 303 g/mol. The first-order chi connectivity index (χ1) is 10.2. The van der Waals surface area contributed by atoms with Crippen LogP contribution in [0, 0.1) is 0 Å². The molecule has 0 aliphatic rings. The Kier molecular flexibility index (Phi) is 5.25. The van der Waals surface area contributed by atoms with Crippen LogP contribution in [0.25, 0.3) is 0 Å². The van der Waals surface area contributed by atoms with Crippen molar-refractivity contribution in [1.29, 1.82) is 0 Å². The molecule has 0 aliphatic carbocycles. The highest BCUT2D eigenvalue weighted by molar-refractivity contribution is 7.98. The number of carbonyl (C=O) groups is 1. The van der Waals surface area contributed by atoms with Crippen LogP contribution >= 0.6 is 11.8 Å². The van der Waals surface area contributed by atoms with E-state index in [-0.39, 0.29) is 12.5 Å². The molecular weight excluding hydrogens is 286 g/mol. The molecule has 2 aromatic rings. The summed E-state index contributed by atoms with van der Waals surface area (Å²) in [7, 11) is 1.54. The van der Waals surface area contributed by atoms with Gasteiger partial charge in [-0.3, -0.25) is 4.79 Å². The summed E-state index contributed by atoms with van der Waals surface area (Å²) in [6, 6.07) is 12.6. The quantitative estimate of drug-likeness (QED) is 0.833. The van der Waals surface area contributed by atoms with Crippen LogP contribution in [-0.2, 0) is 6.61 Å². The van der Waals surface area contributed by atoms with Gasteiger partial charge in [0.1, 0.15) is 5.75 Å². The molecule has 0 saturated carbocycles. The minimum atomic E-state index is -0.241. The second kappa shape index (κ2) is 7.15.